The van der Waals surface area contributed by atoms with Crippen LogP contribution < -0.4 is 0 Å². The van der Waals surface area contributed by atoms with Crippen LogP contribution in [0.2, 0.25) is 0 Å². The topological polar surface area (TPSA) is 54.4 Å². The highest BCUT2D eigenvalue weighted by molar-refractivity contribution is 5.89. The summed E-state index contributed by atoms with van der Waals surface area (Å²) in [5.41, 5.74) is 1.19. The van der Waals surface area contributed by atoms with E-state index in [1.165, 1.54) is 11.6 Å². The first-order chi connectivity index (χ1) is 11.1. The number of aliphatic carboxylic acids is 1. The van der Waals surface area contributed by atoms with E-state index in [-0.39, 0.29) is 11.7 Å². The van der Waals surface area contributed by atoms with Gasteiger partial charge in [0.25, 0.3) is 0 Å². The van der Waals surface area contributed by atoms with Crippen LogP contribution >= 0.6 is 0 Å². The van der Waals surface area contributed by atoms with Gasteiger partial charge < -0.3 is 5.11 Å². The maximum atomic E-state index is 12.0. The van der Waals surface area contributed by atoms with Crippen molar-refractivity contribution in [2.75, 3.05) is 0 Å². The zero-order chi connectivity index (χ0) is 16.5. The molecule has 0 aliphatic heterocycles. The number of rotatable bonds is 7. The standard InChI is InChI=1S/C20H22O3/c21-19(12-9-16-5-2-1-3-6-16)13-10-17-7-4-8-18(15-17)11-14-20(22)23/h1-5,7-9,11-12,14,16,18H,6,10,13,15H2,(H,22,23)/b12-9+,14-11+. The molecule has 2 aliphatic carbocycles. The third-order valence-electron chi connectivity index (χ3n) is 3.91. The molecule has 0 saturated heterocycles. The molecule has 23 heavy (non-hydrogen) atoms. The quantitative estimate of drug-likeness (QED) is 0.718. The molecule has 0 aromatic rings. The van der Waals surface area contributed by atoms with E-state index in [0.717, 1.165) is 19.3 Å². The van der Waals surface area contributed by atoms with Crippen LogP contribution in [0.25, 0.3) is 0 Å². The number of carboxylic acid groups (broad SMARTS) is 1. The number of hydrogen-bond acceptors (Lipinski definition) is 2. The van der Waals surface area contributed by atoms with Crippen LogP contribution in [0, 0.1) is 11.8 Å². The number of allylic oxidation sites excluding steroid dienone is 11. The zero-order valence-electron chi connectivity index (χ0n) is 13.1. The van der Waals surface area contributed by atoms with Gasteiger partial charge in [-0.25, -0.2) is 4.79 Å². The molecule has 0 heterocycles. The first-order valence-corrected chi connectivity index (χ1v) is 7.95. The molecule has 0 aromatic heterocycles. The van der Waals surface area contributed by atoms with Gasteiger partial charge in [0.2, 0.25) is 0 Å². The lowest BCUT2D eigenvalue weighted by atomic mass is 9.90. The van der Waals surface area contributed by atoms with Gasteiger partial charge in [-0.05, 0) is 37.2 Å². The number of carbonyl (C=O) groups excluding carboxylic acids is 1. The molecule has 0 aromatic carbocycles. The predicted octanol–water partition coefficient (Wildman–Crippen LogP) is 4.17. The van der Waals surface area contributed by atoms with Crippen LogP contribution in [0.4, 0.5) is 0 Å². The van der Waals surface area contributed by atoms with Crippen LogP contribution in [0.5, 0.6) is 0 Å². The molecule has 3 heteroatoms. The minimum absolute atomic E-state index is 0.107. The van der Waals surface area contributed by atoms with Gasteiger partial charge in [0.05, 0.1) is 0 Å². The second-order valence-corrected chi connectivity index (χ2v) is 5.81. The van der Waals surface area contributed by atoms with E-state index in [1.54, 1.807) is 12.2 Å². The van der Waals surface area contributed by atoms with E-state index in [1.807, 2.05) is 36.5 Å². The van der Waals surface area contributed by atoms with Crippen molar-refractivity contribution < 1.29 is 14.7 Å². The van der Waals surface area contributed by atoms with Crippen LogP contribution in [0.3, 0.4) is 0 Å². The van der Waals surface area contributed by atoms with Crippen molar-refractivity contribution >= 4 is 11.8 Å². The Hall–Kier alpha value is -2.42. The monoisotopic (exact) mass is 310 g/mol. The molecule has 0 spiro atoms. The smallest absolute Gasteiger partial charge is 0.327 e. The Balaban J connectivity index is 1.76. The van der Waals surface area contributed by atoms with Crippen molar-refractivity contribution in [3.05, 3.63) is 72.4 Å². The van der Waals surface area contributed by atoms with Crippen molar-refractivity contribution in [3.8, 4) is 0 Å². The Labute approximate surface area is 137 Å². The second kappa shape index (κ2) is 8.89. The summed E-state index contributed by atoms with van der Waals surface area (Å²) in [7, 11) is 0. The Morgan fingerprint density at radius 1 is 1.09 bits per heavy atom. The fourth-order valence-corrected chi connectivity index (χ4v) is 2.64. The lowest BCUT2D eigenvalue weighted by Crippen LogP contribution is -2.03. The van der Waals surface area contributed by atoms with Gasteiger partial charge in [0, 0.05) is 12.5 Å². The Kier molecular flexibility index (Phi) is 6.55. The Morgan fingerprint density at radius 3 is 2.61 bits per heavy atom. The summed E-state index contributed by atoms with van der Waals surface area (Å²) in [4.78, 5) is 22.5. The van der Waals surface area contributed by atoms with Gasteiger partial charge >= 0.3 is 5.97 Å². The van der Waals surface area contributed by atoms with Crippen LogP contribution in [-0.2, 0) is 9.59 Å². The predicted molar refractivity (Wildman–Crippen MR) is 91.9 cm³/mol. The lowest BCUT2D eigenvalue weighted by Gasteiger charge is -2.14. The minimum atomic E-state index is -0.929. The Morgan fingerprint density at radius 2 is 1.87 bits per heavy atom. The van der Waals surface area contributed by atoms with Crippen LogP contribution in [-0.4, -0.2) is 16.9 Å². The molecule has 120 valence electrons. The normalized spacial score (nSPS) is 23.6. The molecule has 1 N–H and O–H groups in total. The molecule has 0 amide bonds. The molecular formula is C20H22O3. The summed E-state index contributed by atoms with van der Waals surface area (Å²) < 4.78 is 0. The Bertz CT molecular complexity index is 615. The average Bonchev–Trinajstić information content (AvgIpc) is 2.57. The van der Waals surface area contributed by atoms with Gasteiger partial charge in [0.15, 0.2) is 5.78 Å². The van der Waals surface area contributed by atoms with Gasteiger partial charge in [-0.2, -0.15) is 0 Å². The fourth-order valence-electron chi connectivity index (χ4n) is 2.64. The lowest BCUT2D eigenvalue weighted by molar-refractivity contribution is -0.131. The molecule has 2 unspecified atom stereocenters. The van der Waals surface area contributed by atoms with E-state index in [9.17, 15) is 9.59 Å². The molecule has 3 nitrogen and oxygen atoms in total. The van der Waals surface area contributed by atoms with Crippen molar-refractivity contribution in [1.82, 2.24) is 0 Å². The van der Waals surface area contributed by atoms with Crippen molar-refractivity contribution in [3.63, 3.8) is 0 Å². The average molecular weight is 310 g/mol. The minimum Gasteiger partial charge on any atom is -0.478 e. The van der Waals surface area contributed by atoms with Gasteiger partial charge in [0.1, 0.15) is 0 Å². The van der Waals surface area contributed by atoms with E-state index >= 15 is 0 Å². The SMILES string of the molecule is O=C(O)/C=C/C1C=CC=C(CCC(=O)/C=C/C2C=CC=CC2)C1. The molecule has 0 bridgehead atoms. The number of carbonyl (C=O) groups is 2. The van der Waals surface area contributed by atoms with E-state index in [4.69, 9.17) is 5.11 Å². The largest absolute Gasteiger partial charge is 0.478 e. The van der Waals surface area contributed by atoms with Crippen molar-refractivity contribution in [2.45, 2.75) is 25.7 Å². The highest BCUT2D eigenvalue weighted by atomic mass is 16.4. The third-order valence-corrected chi connectivity index (χ3v) is 3.91. The van der Waals surface area contributed by atoms with Gasteiger partial charge in [-0.3, -0.25) is 4.79 Å². The van der Waals surface area contributed by atoms with Crippen LogP contribution in [0.15, 0.2) is 72.4 Å². The summed E-state index contributed by atoms with van der Waals surface area (Å²) in [6.07, 6.45) is 23.7. The van der Waals surface area contributed by atoms with Crippen molar-refractivity contribution in [1.29, 1.82) is 0 Å². The van der Waals surface area contributed by atoms with Crippen molar-refractivity contribution in [2.24, 2.45) is 11.8 Å². The van der Waals surface area contributed by atoms with E-state index in [0.29, 0.717) is 12.3 Å². The maximum Gasteiger partial charge on any atom is 0.327 e. The summed E-state index contributed by atoms with van der Waals surface area (Å²) in [6.45, 7) is 0. The van der Waals surface area contributed by atoms with E-state index < -0.39 is 5.97 Å². The number of ketones is 1. The number of carboxylic acids is 1. The molecule has 2 aliphatic rings. The van der Waals surface area contributed by atoms with Gasteiger partial charge in [-0.1, -0.05) is 60.3 Å². The maximum absolute atomic E-state index is 12.0. The summed E-state index contributed by atoms with van der Waals surface area (Å²) >= 11 is 0. The van der Waals surface area contributed by atoms with Crippen LogP contribution in [0.1, 0.15) is 25.7 Å². The third kappa shape index (κ3) is 6.47. The second-order valence-electron chi connectivity index (χ2n) is 5.81. The summed E-state index contributed by atoms with van der Waals surface area (Å²) in [6, 6.07) is 0. The highest BCUT2D eigenvalue weighted by Gasteiger charge is 2.10. The zero-order valence-corrected chi connectivity index (χ0v) is 13.1. The number of hydrogen-bond donors (Lipinski definition) is 1. The summed E-state index contributed by atoms with van der Waals surface area (Å²) in [5, 5.41) is 8.67. The molecule has 2 rings (SSSR count). The van der Waals surface area contributed by atoms with E-state index in [2.05, 4.69) is 12.2 Å². The molecule has 0 radical (unpaired) electrons. The summed E-state index contributed by atoms with van der Waals surface area (Å²) in [5.74, 6) is -0.357. The molecular weight excluding hydrogens is 288 g/mol. The van der Waals surface area contributed by atoms with Gasteiger partial charge in [-0.15, -0.1) is 0 Å². The molecule has 2 atom stereocenters. The first kappa shape index (κ1) is 16.9. The molecule has 0 fully saturated rings. The fraction of sp³-hybridized carbons (Fsp3) is 0.300. The molecule has 0 saturated carbocycles. The highest BCUT2D eigenvalue weighted by Crippen LogP contribution is 2.23. The first-order valence-electron chi connectivity index (χ1n) is 7.95.